The van der Waals surface area contributed by atoms with Crippen LogP contribution in [-0.4, -0.2) is 19.7 Å². The van der Waals surface area contributed by atoms with Gasteiger partial charge in [0.05, 0.1) is 0 Å². The quantitative estimate of drug-likeness (QED) is 0.576. The molecule has 0 atom stereocenters. The summed E-state index contributed by atoms with van der Waals surface area (Å²) in [4.78, 5) is 8.54. The zero-order chi connectivity index (χ0) is 15.6. The highest BCUT2D eigenvalue weighted by Gasteiger charge is 2.10. The molecule has 0 saturated carbocycles. The first kappa shape index (κ1) is 13.5. The van der Waals surface area contributed by atoms with Crippen LogP contribution >= 0.6 is 0 Å². The SMILES string of the molecule is Cc1noc(-c2cn(-c3cccc(-c4ccccc4)c3)cn2)n1. The molecule has 4 aromatic rings. The van der Waals surface area contributed by atoms with Crippen molar-refractivity contribution in [1.29, 1.82) is 0 Å². The van der Waals surface area contributed by atoms with Crippen LogP contribution in [0.15, 0.2) is 71.6 Å². The van der Waals surface area contributed by atoms with Crippen LogP contribution < -0.4 is 0 Å². The van der Waals surface area contributed by atoms with Crippen LogP contribution in [0.1, 0.15) is 5.82 Å². The van der Waals surface area contributed by atoms with E-state index < -0.39 is 0 Å². The summed E-state index contributed by atoms with van der Waals surface area (Å²) in [6.07, 6.45) is 3.63. The zero-order valence-corrected chi connectivity index (χ0v) is 12.5. The fourth-order valence-electron chi connectivity index (χ4n) is 2.45. The Morgan fingerprint density at radius 1 is 0.957 bits per heavy atom. The molecule has 0 bridgehead atoms. The summed E-state index contributed by atoms with van der Waals surface area (Å²) in [6, 6.07) is 18.6. The maximum atomic E-state index is 5.16. The highest BCUT2D eigenvalue weighted by molar-refractivity contribution is 5.66. The molecule has 2 aromatic carbocycles. The van der Waals surface area contributed by atoms with Crippen molar-refractivity contribution in [3.63, 3.8) is 0 Å². The lowest BCUT2D eigenvalue weighted by Gasteiger charge is -2.06. The molecule has 0 amide bonds. The maximum absolute atomic E-state index is 5.16. The van der Waals surface area contributed by atoms with Gasteiger partial charge >= 0.3 is 0 Å². The Balaban J connectivity index is 1.70. The molecule has 0 spiro atoms. The molecule has 2 heterocycles. The molecule has 0 N–H and O–H groups in total. The normalized spacial score (nSPS) is 10.8. The second-order valence-electron chi connectivity index (χ2n) is 5.23. The fourth-order valence-corrected chi connectivity index (χ4v) is 2.45. The third-order valence-corrected chi connectivity index (χ3v) is 3.58. The molecule has 0 saturated heterocycles. The molecule has 4 rings (SSSR count). The molecule has 5 nitrogen and oxygen atoms in total. The van der Waals surface area contributed by atoms with Crippen molar-refractivity contribution >= 4 is 0 Å². The molecule has 0 unspecified atom stereocenters. The van der Waals surface area contributed by atoms with Crippen molar-refractivity contribution in [2.75, 3.05) is 0 Å². The minimum Gasteiger partial charge on any atom is -0.332 e. The van der Waals surface area contributed by atoms with Crippen molar-refractivity contribution in [1.82, 2.24) is 19.7 Å². The Bertz CT molecular complexity index is 940. The summed E-state index contributed by atoms with van der Waals surface area (Å²) in [6.45, 7) is 1.79. The Hall–Kier alpha value is -3.21. The standard InChI is InChI=1S/C18H14N4O/c1-13-20-18(23-21-13)17-11-22(12-19-17)16-9-5-8-15(10-16)14-6-3-2-4-7-14/h2-12H,1H3. The third kappa shape index (κ3) is 2.64. The minimum absolute atomic E-state index is 0.431. The molecular formula is C18H14N4O. The first-order chi connectivity index (χ1) is 11.3. The average Bonchev–Trinajstić information content (AvgIpc) is 3.25. The first-order valence-corrected chi connectivity index (χ1v) is 7.30. The van der Waals surface area contributed by atoms with Crippen molar-refractivity contribution in [3.8, 4) is 28.4 Å². The molecule has 5 heteroatoms. The van der Waals surface area contributed by atoms with E-state index in [4.69, 9.17) is 4.52 Å². The van der Waals surface area contributed by atoms with Gasteiger partial charge in [0, 0.05) is 11.9 Å². The highest BCUT2D eigenvalue weighted by atomic mass is 16.5. The molecule has 0 aliphatic carbocycles. The van der Waals surface area contributed by atoms with Gasteiger partial charge in [0.25, 0.3) is 5.89 Å². The fraction of sp³-hybridized carbons (Fsp3) is 0.0556. The molecule has 0 aliphatic rings. The Kier molecular flexibility index (Phi) is 3.24. The number of nitrogens with zero attached hydrogens (tertiary/aromatic N) is 4. The van der Waals surface area contributed by atoms with Crippen molar-refractivity contribution in [2.24, 2.45) is 0 Å². The largest absolute Gasteiger partial charge is 0.332 e. The lowest BCUT2D eigenvalue weighted by atomic mass is 10.1. The predicted molar refractivity (Wildman–Crippen MR) is 87.0 cm³/mol. The van der Waals surface area contributed by atoms with E-state index in [2.05, 4.69) is 39.4 Å². The Morgan fingerprint density at radius 2 is 1.78 bits per heavy atom. The summed E-state index contributed by atoms with van der Waals surface area (Å²) in [5.41, 5.74) is 4.03. The smallest absolute Gasteiger partial charge is 0.278 e. The van der Waals surface area contributed by atoms with E-state index in [9.17, 15) is 0 Å². The number of imidazole rings is 1. The molecular weight excluding hydrogens is 288 g/mol. The highest BCUT2D eigenvalue weighted by Crippen LogP contribution is 2.23. The summed E-state index contributed by atoms with van der Waals surface area (Å²) < 4.78 is 7.10. The van der Waals surface area contributed by atoms with Crippen molar-refractivity contribution in [3.05, 3.63) is 72.9 Å². The van der Waals surface area contributed by atoms with Crippen molar-refractivity contribution in [2.45, 2.75) is 6.92 Å². The number of hydrogen-bond donors (Lipinski definition) is 0. The zero-order valence-electron chi connectivity index (χ0n) is 12.5. The Labute approximate surface area is 133 Å². The summed E-state index contributed by atoms with van der Waals surface area (Å²) in [5.74, 6) is 1.03. The third-order valence-electron chi connectivity index (χ3n) is 3.58. The molecule has 2 aromatic heterocycles. The van der Waals surface area contributed by atoms with Crippen LogP contribution in [0, 0.1) is 6.92 Å². The van der Waals surface area contributed by atoms with E-state index in [-0.39, 0.29) is 0 Å². The van der Waals surface area contributed by atoms with E-state index in [1.54, 1.807) is 13.3 Å². The number of hydrogen-bond acceptors (Lipinski definition) is 4. The lowest BCUT2D eigenvalue weighted by molar-refractivity contribution is 0.424. The monoisotopic (exact) mass is 302 g/mol. The van der Waals surface area contributed by atoms with Crippen LogP contribution in [0.5, 0.6) is 0 Å². The van der Waals surface area contributed by atoms with Crippen LogP contribution in [0.2, 0.25) is 0 Å². The molecule has 112 valence electrons. The van der Waals surface area contributed by atoms with Gasteiger partial charge in [-0.05, 0) is 30.2 Å². The van der Waals surface area contributed by atoms with Gasteiger partial charge in [-0.15, -0.1) is 0 Å². The maximum Gasteiger partial charge on any atom is 0.278 e. The number of benzene rings is 2. The van der Waals surface area contributed by atoms with E-state index in [0.29, 0.717) is 17.4 Å². The van der Waals surface area contributed by atoms with Crippen LogP contribution in [0.3, 0.4) is 0 Å². The summed E-state index contributed by atoms with van der Waals surface area (Å²) in [7, 11) is 0. The topological polar surface area (TPSA) is 56.7 Å². The summed E-state index contributed by atoms with van der Waals surface area (Å²) in [5, 5.41) is 3.79. The molecule has 23 heavy (non-hydrogen) atoms. The Morgan fingerprint density at radius 3 is 2.57 bits per heavy atom. The second-order valence-corrected chi connectivity index (χ2v) is 5.23. The number of aromatic nitrogens is 4. The predicted octanol–water partition coefficient (Wildman–Crippen LogP) is 3.90. The van der Waals surface area contributed by atoms with E-state index in [1.165, 1.54) is 5.56 Å². The van der Waals surface area contributed by atoms with Gasteiger partial charge in [-0.1, -0.05) is 47.6 Å². The minimum atomic E-state index is 0.431. The van der Waals surface area contributed by atoms with E-state index >= 15 is 0 Å². The average molecular weight is 302 g/mol. The van der Waals surface area contributed by atoms with Gasteiger partial charge < -0.3 is 9.09 Å². The second kappa shape index (κ2) is 5.53. The van der Waals surface area contributed by atoms with Crippen LogP contribution in [0.25, 0.3) is 28.4 Å². The van der Waals surface area contributed by atoms with E-state index in [0.717, 1.165) is 11.3 Å². The van der Waals surface area contributed by atoms with Gasteiger partial charge in [-0.3, -0.25) is 0 Å². The van der Waals surface area contributed by atoms with Crippen LogP contribution in [0.4, 0.5) is 0 Å². The van der Waals surface area contributed by atoms with Gasteiger partial charge in [0.1, 0.15) is 12.0 Å². The molecule has 0 fully saturated rings. The van der Waals surface area contributed by atoms with Gasteiger partial charge in [-0.25, -0.2) is 4.98 Å². The van der Waals surface area contributed by atoms with Gasteiger partial charge in [-0.2, -0.15) is 4.98 Å². The molecule has 0 radical (unpaired) electrons. The number of aryl methyl sites for hydroxylation is 1. The lowest BCUT2D eigenvalue weighted by Crippen LogP contribution is -1.90. The van der Waals surface area contributed by atoms with Crippen molar-refractivity contribution < 1.29 is 4.52 Å². The van der Waals surface area contributed by atoms with Crippen LogP contribution in [-0.2, 0) is 0 Å². The van der Waals surface area contributed by atoms with E-state index in [1.807, 2.05) is 41.1 Å². The molecule has 0 aliphatic heterocycles. The van der Waals surface area contributed by atoms with Gasteiger partial charge in [0.2, 0.25) is 0 Å². The first-order valence-electron chi connectivity index (χ1n) is 7.30. The summed E-state index contributed by atoms with van der Waals surface area (Å²) >= 11 is 0. The van der Waals surface area contributed by atoms with Gasteiger partial charge in [0.15, 0.2) is 5.82 Å². The number of rotatable bonds is 3.